The van der Waals surface area contributed by atoms with Crippen LogP contribution in [-0.2, 0) is 57.1 Å². The Balaban J connectivity index is 2.01. The quantitative estimate of drug-likeness (QED) is 0.112. The summed E-state index contributed by atoms with van der Waals surface area (Å²) >= 11 is 0. The fraction of sp³-hybridized carbons (Fsp3) is 0.805. The van der Waals surface area contributed by atoms with Gasteiger partial charge in [0.25, 0.3) is 0 Å². The van der Waals surface area contributed by atoms with E-state index in [1.54, 1.807) is 78.8 Å². The van der Waals surface area contributed by atoms with Gasteiger partial charge in [0.15, 0.2) is 18.7 Å². The predicted molar refractivity (Wildman–Crippen MR) is 205 cm³/mol. The predicted octanol–water partition coefficient (Wildman–Crippen LogP) is 2.77. The average Bonchev–Trinajstić information content (AvgIpc) is 3.12. The molecule has 3 aliphatic heterocycles. The topological polar surface area (TPSA) is 206 Å². The number of hydrogen-bond acceptors (Lipinski definition) is 16. The van der Waals surface area contributed by atoms with Crippen LogP contribution in [0.2, 0.25) is 0 Å². The van der Waals surface area contributed by atoms with Crippen LogP contribution in [0, 0.1) is 11.8 Å². The summed E-state index contributed by atoms with van der Waals surface area (Å²) in [5.41, 5.74) is -1.49. The van der Waals surface area contributed by atoms with Gasteiger partial charge in [-0.15, -0.1) is 0 Å². The molecular formula is C41H67NO15. The first-order valence-corrected chi connectivity index (χ1v) is 20.1. The Labute approximate surface area is 337 Å². The monoisotopic (exact) mass is 813 g/mol. The second kappa shape index (κ2) is 22.5. The van der Waals surface area contributed by atoms with Crippen LogP contribution in [0.3, 0.4) is 0 Å². The number of rotatable bonds is 12. The van der Waals surface area contributed by atoms with E-state index in [-0.39, 0.29) is 31.6 Å². The normalized spacial score (nSPS) is 41.1. The van der Waals surface area contributed by atoms with Crippen molar-refractivity contribution in [3.63, 3.8) is 0 Å². The molecule has 0 aromatic carbocycles. The van der Waals surface area contributed by atoms with Gasteiger partial charge in [0.1, 0.15) is 42.4 Å². The molecule has 0 aromatic heterocycles. The van der Waals surface area contributed by atoms with E-state index in [1.165, 1.54) is 7.11 Å². The number of carbonyl (C=O) groups excluding carboxylic acids is 4. The van der Waals surface area contributed by atoms with Gasteiger partial charge in [-0.1, -0.05) is 45.1 Å². The Morgan fingerprint density at radius 3 is 2.21 bits per heavy atom. The van der Waals surface area contributed by atoms with Gasteiger partial charge in [-0.05, 0) is 60.0 Å². The smallest absolute Gasteiger partial charge is 0.309 e. The molecule has 16 nitrogen and oxygen atoms in total. The Kier molecular flexibility index (Phi) is 19.2. The highest BCUT2D eigenvalue weighted by Crippen LogP contribution is 2.37. The zero-order chi connectivity index (χ0) is 42.6. The van der Waals surface area contributed by atoms with E-state index in [4.69, 9.17) is 37.9 Å². The summed E-state index contributed by atoms with van der Waals surface area (Å²) < 4.78 is 48.6. The second-order valence-electron chi connectivity index (χ2n) is 16.0. The van der Waals surface area contributed by atoms with Crippen molar-refractivity contribution in [3.8, 4) is 0 Å². The lowest BCUT2D eigenvalue weighted by Crippen LogP contribution is -2.66. The largest absolute Gasteiger partial charge is 0.462 e. The molecular weight excluding hydrogens is 746 g/mol. The lowest BCUT2D eigenvalue weighted by atomic mass is 9.84. The molecule has 3 N–H and O–H groups in total. The first kappa shape index (κ1) is 48.6. The van der Waals surface area contributed by atoms with Crippen LogP contribution in [0.4, 0.5) is 0 Å². The van der Waals surface area contributed by atoms with Crippen LogP contribution < -0.4 is 0 Å². The van der Waals surface area contributed by atoms with Crippen molar-refractivity contribution in [1.29, 1.82) is 0 Å². The number of allylic oxidation sites excluding steroid dienone is 1. The zero-order valence-electron chi connectivity index (χ0n) is 35.2. The van der Waals surface area contributed by atoms with Crippen LogP contribution in [0.15, 0.2) is 24.3 Å². The number of cyclic esters (lactones) is 1. The molecule has 3 heterocycles. The molecule has 16 heteroatoms. The van der Waals surface area contributed by atoms with Crippen LogP contribution in [0.1, 0.15) is 93.4 Å². The fourth-order valence-electron chi connectivity index (χ4n) is 7.82. The second-order valence-corrected chi connectivity index (χ2v) is 16.0. The van der Waals surface area contributed by atoms with E-state index in [1.807, 2.05) is 13.0 Å². The lowest BCUT2D eigenvalue weighted by molar-refractivity contribution is -0.344. The van der Waals surface area contributed by atoms with E-state index in [0.717, 1.165) is 6.29 Å². The zero-order valence-corrected chi connectivity index (χ0v) is 35.2. The van der Waals surface area contributed by atoms with Gasteiger partial charge in [-0.25, -0.2) is 0 Å². The molecule has 57 heavy (non-hydrogen) atoms. The first-order valence-electron chi connectivity index (χ1n) is 20.1. The summed E-state index contributed by atoms with van der Waals surface area (Å²) in [6.45, 7) is 11.9. The molecule has 0 aromatic rings. The van der Waals surface area contributed by atoms with Crippen molar-refractivity contribution >= 4 is 24.2 Å². The summed E-state index contributed by atoms with van der Waals surface area (Å²) in [6.07, 6.45) is -3.95. The average molecular weight is 814 g/mol. The number of nitrogens with zero attached hydrogens (tertiary/aromatic N) is 1. The lowest BCUT2D eigenvalue weighted by Gasteiger charge is -2.50. The number of carbonyl (C=O) groups is 4. The first-order chi connectivity index (χ1) is 26.8. The molecule has 0 bridgehead atoms. The Bertz CT molecular complexity index is 1350. The number of aliphatic hydroxyl groups is 3. The number of hydrogen-bond donors (Lipinski definition) is 3. The number of aliphatic hydroxyl groups excluding tert-OH is 2. The van der Waals surface area contributed by atoms with E-state index < -0.39 is 116 Å². The third-order valence-electron chi connectivity index (χ3n) is 10.7. The van der Waals surface area contributed by atoms with Crippen LogP contribution in [-0.4, -0.2) is 151 Å². The van der Waals surface area contributed by atoms with Gasteiger partial charge in [0, 0.05) is 39.2 Å². The number of esters is 3. The Morgan fingerprint density at radius 2 is 1.61 bits per heavy atom. The van der Waals surface area contributed by atoms with Gasteiger partial charge in [0.2, 0.25) is 0 Å². The SMILES string of the molecule is CCC(=O)O[C@@H]1CC(=O)O[C@H](C)C/C=C/C(O)/C=C/[C@H](C)C[C@H](CC=O)[C@H](O[C@@H]2O[C@H](C)[C@@H](O[C@H]3C[C@@](C)(O)[C@@H](OC(=O)CC)[C@H](C)O3)[C@H](N(C)C)[C@H]2O)[C@H]1OC. The maximum atomic E-state index is 13.3. The molecule has 3 rings (SSSR count). The van der Waals surface area contributed by atoms with Crippen molar-refractivity contribution in [3.05, 3.63) is 24.3 Å². The molecule has 16 atom stereocenters. The Morgan fingerprint density at radius 1 is 0.947 bits per heavy atom. The summed E-state index contributed by atoms with van der Waals surface area (Å²) in [5, 5.41) is 33.9. The molecule has 0 spiro atoms. The van der Waals surface area contributed by atoms with Crippen molar-refractivity contribution in [2.45, 2.75) is 179 Å². The van der Waals surface area contributed by atoms with E-state index in [9.17, 15) is 34.5 Å². The van der Waals surface area contributed by atoms with Crippen LogP contribution in [0.5, 0.6) is 0 Å². The van der Waals surface area contributed by atoms with E-state index >= 15 is 0 Å². The minimum atomic E-state index is -1.49. The Hall–Kier alpha value is -2.80. The number of aldehydes is 1. The van der Waals surface area contributed by atoms with Crippen molar-refractivity contribution in [2.75, 3.05) is 21.2 Å². The van der Waals surface area contributed by atoms with Crippen LogP contribution in [0.25, 0.3) is 0 Å². The van der Waals surface area contributed by atoms with Gasteiger partial charge in [-0.3, -0.25) is 14.4 Å². The summed E-state index contributed by atoms with van der Waals surface area (Å²) in [5.74, 6) is -2.56. The molecule has 0 radical (unpaired) electrons. The maximum Gasteiger partial charge on any atom is 0.309 e. The van der Waals surface area contributed by atoms with Gasteiger partial charge in [-0.2, -0.15) is 0 Å². The van der Waals surface area contributed by atoms with Crippen molar-refractivity contribution in [2.24, 2.45) is 11.8 Å². The van der Waals surface area contributed by atoms with Gasteiger partial charge in [0.05, 0.1) is 36.9 Å². The molecule has 2 fully saturated rings. The van der Waals surface area contributed by atoms with Crippen LogP contribution >= 0.6 is 0 Å². The van der Waals surface area contributed by atoms with Crippen molar-refractivity contribution < 1.29 is 72.4 Å². The summed E-state index contributed by atoms with van der Waals surface area (Å²) in [7, 11) is 4.89. The highest BCUT2D eigenvalue weighted by molar-refractivity contribution is 5.72. The molecule has 0 aliphatic carbocycles. The maximum absolute atomic E-state index is 13.3. The van der Waals surface area contributed by atoms with E-state index in [2.05, 4.69) is 0 Å². The summed E-state index contributed by atoms with van der Waals surface area (Å²) in [4.78, 5) is 52.3. The third kappa shape index (κ3) is 13.9. The fourth-order valence-corrected chi connectivity index (χ4v) is 7.82. The minimum Gasteiger partial charge on any atom is -0.462 e. The van der Waals surface area contributed by atoms with Gasteiger partial charge >= 0.3 is 17.9 Å². The van der Waals surface area contributed by atoms with Gasteiger partial charge < -0.3 is 62.9 Å². The highest BCUT2D eigenvalue weighted by Gasteiger charge is 2.53. The molecule has 0 amide bonds. The third-order valence-corrected chi connectivity index (χ3v) is 10.7. The molecule has 3 aliphatic rings. The number of likely N-dealkylation sites (N-methyl/N-ethyl adjacent to an activating group) is 1. The highest BCUT2D eigenvalue weighted by atomic mass is 16.7. The molecule has 2 saturated heterocycles. The molecule has 0 saturated carbocycles. The van der Waals surface area contributed by atoms with Crippen molar-refractivity contribution in [1.82, 2.24) is 4.90 Å². The summed E-state index contributed by atoms with van der Waals surface area (Å²) in [6, 6.07) is -0.767. The molecule has 1 unspecified atom stereocenters. The number of methoxy groups -OCH3 is 1. The standard InChI is InChI=1S/C41H67NO15/c1-11-30(45)54-29-21-32(47)51-24(4)14-13-15-28(44)17-16-23(3)20-27(18-19-43)37(38(29)50-10)57-40-35(48)34(42(8)9)36(25(5)53-40)56-33-22-41(7,49)39(26(6)52-33)55-31(46)12-2/h13,15-17,19,23-29,33-40,44,48-49H,11-12,14,18,20-22H2,1-10H3/b15-13+,17-16+/t23-,24+,25+,26-,27-,28?,29+,33-,34+,35+,36+,37-,38-,39-,40-,41+/m0/s1. The minimum absolute atomic E-state index is 0.00789. The molecule has 326 valence electrons. The van der Waals surface area contributed by atoms with E-state index in [0.29, 0.717) is 12.8 Å². The number of ether oxygens (including phenoxy) is 8.